The number of nitrogens with one attached hydrogen (secondary N) is 1. The van der Waals surface area contributed by atoms with Gasteiger partial charge in [-0.25, -0.2) is 0 Å². The van der Waals surface area contributed by atoms with E-state index in [0.717, 1.165) is 30.3 Å². The predicted octanol–water partition coefficient (Wildman–Crippen LogP) is 10.7. The third-order valence-electron chi connectivity index (χ3n) is 7.88. The van der Waals surface area contributed by atoms with Crippen LogP contribution in [0.5, 0.6) is 0 Å². The van der Waals surface area contributed by atoms with E-state index < -0.39 is 0 Å². The zero-order valence-corrected chi connectivity index (χ0v) is 27.1. The first-order valence-electron chi connectivity index (χ1n) is 15.7. The van der Waals surface area contributed by atoms with Crippen molar-refractivity contribution in [3.05, 3.63) is 107 Å². The molecular weight excluding hydrogens is 502 g/mol. The Morgan fingerprint density at radius 2 is 1.50 bits per heavy atom. The normalized spacial score (nSPS) is 13.6. The molecule has 40 heavy (non-hydrogen) atoms. The summed E-state index contributed by atoms with van der Waals surface area (Å²) in [6.45, 7) is 12.5. The molecule has 0 spiro atoms. The first-order valence-corrected chi connectivity index (χ1v) is 16.9. The molecule has 0 heterocycles. The van der Waals surface area contributed by atoms with Crippen LogP contribution >= 0.6 is 11.8 Å². The van der Waals surface area contributed by atoms with Gasteiger partial charge in [-0.1, -0.05) is 113 Å². The summed E-state index contributed by atoms with van der Waals surface area (Å²) in [5.41, 5.74) is 10.4. The van der Waals surface area contributed by atoms with Crippen LogP contribution in [-0.4, -0.2) is 19.8 Å². The highest BCUT2D eigenvalue weighted by Crippen LogP contribution is 2.40. The average molecular weight is 558 g/mol. The van der Waals surface area contributed by atoms with E-state index in [1.54, 1.807) is 16.7 Å². The molecule has 4 rings (SSSR count). The van der Waals surface area contributed by atoms with Crippen LogP contribution in [0, 0.1) is 5.92 Å². The highest BCUT2D eigenvalue weighted by Gasteiger charge is 2.26. The second kappa shape index (κ2) is 19.7. The fraction of sp³-hybridized carbons (Fsp3) is 0.474. The van der Waals surface area contributed by atoms with Gasteiger partial charge in [-0.05, 0) is 103 Å². The molecule has 1 fully saturated rings. The quantitative estimate of drug-likeness (QED) is 0.176. The molecule has 0 bridgehead atoms. The first-order chi connectivity index (χ1) is 19.6. The van der Waals surface area contributed by atoms with Crippen molar-refractivity contribution in [2.45, 2.75) is 90.7 Å². The molecule has 1 atom stereocenters. The van der Waals surface area contributed by atoms with Gasteiger partial charge in [0.15, 0.2) is 0 Å². The molecule has 1 aliphatic carbocycles. The van der Waals surface area contributed by atoms with Crippen LogP contribution in [-0.2, 0) is 25.0 Å². The zero-order chi connectivity index (χ0) is 29.2. The monoisotopic (exact) mass is 557 g/mol. The maximum absolute atomic E-state index is 3.83. The van der Waals surface area contributed by atoms with E-state index in [0.29, 0.717) is 5.92 Å². The van der Waals surface area contributed by atoms with E-state index in [1.807, 2.05) is 45.8 Å². The lowest BCUT2D eigenvalue weighted by Gasteiger charge is -2.25. The van der Waals surface area contributed by atoms with E-state index >= 15 is 0 Å². The lowest BCUT2D eigenvalue weighted by Crippen LogP contribution is -2.12. The van der Waals surface area contributed by atoms with Gasteiger partial charge in [-0.15, -0.1) is 6.58 Å². The van der Waals surface area contributed by atoms with Gasteiger partial charge in [0.25, 0.3) is 0 Å². The molecule has 1 nitrogen and oxygen atoms in total. The Hall–Kier alpha value is -2.29. The van der Waals surface area contributed by atoms with E-state index in [-0.39, 0.29) is 0 Å². The Balaban J connectivity index is 0.00000105. The van der Waals surface area contributed by atoms with Crippen molar-refractivity contribution in [3.63, 3.8) is 0 Å². The summed E-state index contributed by atoms with van der Waals surface area (Å²) in [6.07, 6.45) is 12.3. The van der Waals surface area contributed by atoms with Gasteiger partial charge in [0.2, 0.25) is 0 Å². The van der Waals surface area contributed by atoms with Gasteiger partial charge in [-0.2, -0.15) is 11.8 Å². The van der Waals surface area contributed by atoms with Crippen molar-refractivity contribution in [1.29, 1.82) is 0 Å². The predicted molar refractivity (Wildman–Crippen MR) is 183 cm³/mol. The van der Waals surface area contributed by atoms with Gasteiger partial charge in [-0.3, -0.25) is 0 Å². The van der Waals surface area contributed by atoms with Crippen molar-refractivity contribution < 1.29 is 0 Å². The summed E-state index contributed by atoms with van der Waals surface area (Å²) >= 11 is 1.92. The topological polar surface area (TPSA) is 12.0 Å². The average Bonchev–Trinajstić information content (AvgIpc) is 3.54. The maximum atomic E-state index is 3.83. The summed E-state index contributed by atoms with van der Waals surface area (Å²) in [4.78, 5) is 0. The van der Waals surface area contributed by atoms with E-state index in [4.69, 9.17) is 0 Å². The molecule has 1 N–H and O–H groups in total. The Bertz CT molecular complexity index is 1080. The van der Waals surface area contributed by atoms with Gasteiger partial charge in [0, 0.05) is 11.5 Å². The van der Waals surface area contributed by atoms with Gasteiger partial charge < -0.3 is 5.32 Å². The Labute approximate surface area is 251 Å². The SMILES string of the molecule is C=CCSCc1ccc(-c2cc(CC)c(CC)c(CCC(c3ccccc3)C3CCCC3)c2)cc1.CC.CNC. The molecule has 1 aliphatic rings. The van der Waals surface area contributed by atoms with Crippen LogP contribution in [0.2, 0.25) is 0 Å². The van der Waals surface area contributed by atoms with Crippen molar-refractivity contribution in [2.75, 3.05) is 19.8 Å². The maximum Gasteiger partial charge on any atom is 0.0187 e. The molecule has 1 saturated carbocycles. The zero-order valence-electron chi connectivity index (χ0n) is 26.3. The number of thioether (sulfide) groups is 1. The minimum atomic E-state index is 0.685. The molecule has 3 aromatic rings. The molecule has 0 aromatic heterocycles. The number of aryl methyl sites for hydroxylation is 2. The van der Waals surface area contributed by atoms with Crippen molar-refractivity contribution >= 4 is 11.8 Å². The molecule has 0 amide bonds. The summed E-state index contributed by atoms with van der Waals surface area (Å²) < 4.78 is 0. The van der Waals surface area contributed by atoms with E-state index in [1.165, 1.54) is 60.8 Å². The molecule has 218 valence electrons. The Morgan fingerprint density at radius 1 is 0.875 bits per heavy atom. The largest absolute Gasteiger partial charge is 0.323 e. The molecular formula is C38H55NS. The van der Waals surface area contributed by atoms with Crippen LogP contribution in [0.1, 0.15) is 93.5 Å². The Morgan fingerprint density at radius 3 is 2.08 bits per heavy atom. The summed E-state index contributed by atoms with van der Waals surface area (Å²) in [7, 11) is 3.75. The molecule has 3 aromatic carbocycles. The van der Waals surface area contributed by atoms with Gasteiger partial charge >= 0.3 is 0 Å². The van der Waals surface area contributed by atoms with E-state index in [9.17, 15) is 0 Å². The first kappa shape index (κ1) is 33.9. The highest BCUT2D eigenvalue weighted by atomic mass is 32.2. The van der Waals surface area contributed by atoms with Crippen LogP contribution in [0.4, 0.5) is 0 Å². The smallest absolute Gasteiger partial charge is 0.0187 e. The number of hydrogen-bond acceptors (Lipinski definition) is 2. The Kier molecular flexibility index (Phi) is 16.7. The van der Waals surface area contributed by atoms with Crippen LogP contribution in [0.25, 0.3) is 11.1 Å². The minimum Gasteiger partial charge on any atom is -0.323 e. The second-order valence-electron chi connectivity index (χ2n) is 10.6. The molecule has 0 aliphatic heterocycles. The van der Waals surface area contributed by atoms with Gasteiger partial charge in [0.05, 0.1) is 0 Å². The molecule has 0 radical (unpaired) electrons. The van der Waals surface area contributed by atoms with Crippen LogP contribution in [0.15, 0.2) is 79.4 Å². The van der Waals surface area contributed by atoms with Gasteiger partial charge in [0.1, 0.15) is 0 Å². The lowest BCUT2D eigenvalue weighted by atomic mass is 9.80. The highest BCUT2D eigenvalue weighted by molar-refractivity contribution is 7.98. The van der Waals surface area contributed by atoms with E-state index in [2.05, 4.69) is 92.5 Å². The second-order valence-corrected chi connectivity index (χ2v) is 11.6. The lowest BCUT2D eigenvalue weighted by molar-refractivity contribution is 0.411. The third kappa shape index (κ3) is 10.3. The van der Waals surface area contributed by atoms with Crippen LogP contribution in [0.3, 0.4) is 0 Å². The summed E-state index contributed by atoms with van der Waals surface area (Å²) in [6, 6.07) is 25.5. The van der Waals surface area contributed by atoms with Crippen molar-refractivity contribution in [2.24, 2.45) is 5.92 Å². The fourth-order valence-electron chi connectivity index (χ4n) is 6.06. The molecule has 2 heteroatoms. The van der Waals surface area contributed by atoms with Crippen molar-refractivity contribution in [3.8, 4) is 11.1 Å². The third-order valence-corrected chi connectivity index (χ3v) is 8.89. The number of benzene rings is 3. The summed E-state index contributed by atoms with van der Waals surface area (Å²) in [5, 5.41) is 2.75. The minimum absolute atomic E-state index is 0.685. The molecule has 0 saturated heterocycles. The summed E-state index contributed by atoms with van der Waals surface area (Å²) in [5.74, 6) is 3.59. The number of hydrogen-bond donors (Lipinski definition) is 1. The molecule has 1 unspecified atom stereocenters. The standard InChI is InChI=1S/C34H42S.C2H7N.C2H6/c1-4-22-35-25-26-16-18-28(19-17-26)32-23-27(5-2)33(6-3)31(24-32)20-21-34(30-14-10-11-15-30)29-12-8-7-9-13-29;1-3-2;1-2/h4,7-9,12-13,16-19,23-24,30,34H,1,5-6,10-11,14-15,20-22,25H2,2-3H3;3H,1-2H3;1-2H3. The van der Waals surface area contributed by atoms with Crippen LogP contribution < -0.4 is 5.32 Å². The number of rotatable bonds is 12. The van der Waals surface area contributed by atoms with Crippen molar-refractivity contribution in [1.82, 2.24) is 5.32 Å². The fourth-order valence-corrected chi connectivity index (χ4v) is 6.77.